The molecule has 2 aliphatic heterocycles. The molecule has 2 aliphatic rings. The molecule has 1 aromatic rings. The van der Waals surface area contributed by atoms with Crippen LogP contribution < -0.4 is 0 Å². The van der Waals surface area contributed by atoms with Crippen LogP contribution >= 0.6 is 0 Å². The zero-order valence-electron chi connectivity index (χ0n) is 16.1. The normalized spacial score (nSPS) is 23.1. The number of benzene rings is 1. The number of nitrogens with zero attached hydrogens (tertiary/aromatic N) is 2. The quantitative estimate of drug-likeness (QED) is 0.845. The van der Waals surface area contributed by atoms with Crippen LogP contribution in [0.2, 0.25) is 0 Å². The van der Waals surface area contributed by atoms with E-state index >= 15 is 0 Å². The van der Waals surface area contributed by atoms with Crippen molar-refractivity contribution in [1.29, 1.82) is 0 Å². The highest BCUT2D eigenvalue weighted by Gasteiger charge is 2.29. The molecular weight excluding hydrogens is 328 g/mol. The summed E-state index contributed by atoms with van der Waals surface area (Å²) in [5.41, 5.74) is 1.80. The maximum atomic E-state index is 11.3. The molecule has 0 unspecified atom stereocenters. The van der Waals surface area contributed by atoms with Gasteiger partial charge in [0, 0.05) is 32.7 Å². The average molecular weight is 360 g/mol. The van der Waals surface area contributed by atoms with E-state index in [1.807, 2.05) is 12.1 Å². The van der Waals surface area contributed by atoms with E-state index in [0.717, 1.165) is 58.9 Å². The molecular formula is C21H32N2O3. The van der Waals surface area contributed by atoms with Crippen molar-refractivity contribution in [2.45, 2.75) is 32.6 Å². The average Bonchev–Trinajstić information content (AvgIpc) is 2.62. The molecule has 2 heterocycles. The second-order valence-corrected chi connectivity index (χ2v) is 8.56. The van der Waals surface area contributed by atoms with E-state index in [1.165, 1.54) is 12.0 Å². The number of hydrogen-bond acceptors (Lipinski definition) is 4. The molecule has 2 saturated heterocycles. The molecule has 2 fully saturated rings. The molecule has 1 aromatic carbocycles. The van der Waals surface area contributed by atoms with Crippen molar-refractivity contribution < 1.29 is 14.6 Å². The largest absolute Gasteiger partial charge is 0.478 e. The summed E-state index contributed by atoms with van der Waals surface area (Å²) in [5.74, 6) is -0.409. The Kier molecular flexibility index (Phi) is 6.33. The number of carboxylic acids is 1. The van der Waals surface area contributed by atoms with Crippen molar-refractivity contribution in [3.05, 3.63) is 35.4 Å². The van der Waals surface area contributed by atoms with Gasteiger partial charge in [-0.05, 0) is 48.4 Å². The number of ether oxygens (including phenoxy) is 1. The summed E-state index contributed by atoms with van der Waals surface area (Å²) in [6.45, 7) is 12.8. The lowest BCUT2D eigenvalue weighted by Crippen LogP contribution is -2.47. The molecule has 5 nitrogen and oxygen atoms in total. The number of likely N-dealkylation sites (tertiary alicyclic amines) is 1. The van der Waals surface area contributed by atoms with Crippen LogP contribution in [0, 0.1) is 5.41 Å². The maximum Gasteiger partial charge on any atom is 0.335 e. The summed E-state index contributed by atoms with van der Waals surface area (Å²) in [7, 11) is 0. The van der Waals surface area contributed by atoms with Crippen LogP contribution in [0.5, 0.6) is 0 Å². The summed E-state index contributed by atoms with van der Waals surface area (Å²) in [5, 5.41) is 9.24. The third kappa shape index (κ3) is 5.29. The monoisotopic (exact) mass is 360 g/mol. The van der Waals surface area contributed by atoms with E-state index < -0.39 is 5.97 Å². The predicted molar refractivity (Wildman–Crippen MR) is 103 cm³/mol. The van der Waals surface area contributed by atoms with Crippen LogP contribution in [-0.4, -0.2) is 73.4 Å². The molecule has 0 aromatic heterocycles. The Morgan fingerprint density at radius 2 is 1.92 bits per heavy atom. The fourth-order valence-electron chi connectivity index (χ4n) is 4.42. The Balaban J connectivity index is 1.59. The molecule has 0 bridgehead atoms. The van der Waals surface area contributed by atoms with Gasteiger partial charge in [0.15, 0.2) is 0 Å². The van der Waals surface area contributed by atoms with Crippen molar-refractivity contribution in [2.75, 3.05) is 52.5 Å². The van der Waals surface area contributed by atoms with Crippen LogP contribution in [0.1, 0.15) is 48.5 Å². The molecule has 3 rings (SSSR count). The maximum absolute atomic E-state index is 11.3. The fraction of sp³-hybridized carbons (Fsp3) is 0.667. The Morgan fingerprint density at radius 3 is 2.65 bits per heavy atom. The first-order chi connectivity index (χ1) is 12.4. The van der Waals surface area contributed by atoms with Crippen molar-refractivity contribution in [2.24, 2.45) is 5.41 Å². The minimum atomic E-state index is -0.842. The highest BCUT2D eigenvalue weighted by atomic mass is 16.5. The first-order valence-electron chi connectivity index (χ1n) is 9.79. The predicted octanol–water partition coefficient (Wildman–Crippen LogP) is 2.92. The van der Waals surface area contributed by atoms with E-state index in [4.69, 9.17) is 4.74 Å². The molecule has 0 aliphatic carbocycles. The second kappa shape index (κ2) is 8.51. The minimum Gasteiger partial charge on any atom is -0.478 e. The first kappa shape index (κ1) is 19.3. The number of aromatic carboxylic acids is 1. The molecule has 0 saturated carbocycles. The summed E-state index contributed by atoms with van der Waals surface area (Å²) in [4.78, 5) is 16.3. The highest BCUT2D eigenvalue weighted by Crippen LogP contribution is 2.30. The van der Waals surface area contributed by atoms with E-state index in [2.05, 4.69) is 29.7 Å². The molecule has 0 radical (unpaired) electrons. The van der Waals surface area contributed by atoms with E-state index in [9.17, 15) is 9.90 Å². The molecule has 1 atom stereocenters. The van der Waals surface area contributed by atoms with Gasteiger partial charge >= 0.3 is 5.97 Å². The van der Waals surface area contributed by atoms with Gasteiger partial charge in [-0.1, -0.05) is 26.0 Å². The smallest absolute Gasteiger partial charge is 0.335 e. The Labute approximate surface area is 156 Å². The number of carbonyl (C=O) groups is 1. The van der Waals surface area contributed by atoms with Crippen molar-refractivity contribution in [3.8, 4) is 0 Å². The van der Waals surface area contributed by atoms with Gasteiger partial charge in [0.1, 0.15) is 0 Å². The Morgan fingerprint density at radius 1 is 1.19 bits per heavy atom. The second-order valence-electron chi connectivity index (χ2n) is 8.56. The summed E-state index contributed by atoms with van der Waals surface area (Å²) in [6, 6.07) is 7.49. The lowest BCUT2D eigenvalue weighted by atomic mass is 9.86. The molecule has 1 N–H and O–H groups in total. The summed E-state index contributed by atoms with van der Waals surface area (Å²) >= 11 is 0. The lowest BCUT2D eigenvalue weighted by molar-refractivity contribution is 0.0132. The molecule has 26 heavy (non-hydrogen) atoms. The van der Waals surface area contributed by atoms with Crippen molar-refractivity contribution >= 4 is 5.97 Å². The van der Waals surface area contributed by atoms with Crippen LogP contribution in [-0.2, 0) is 4.74 Å². The van der Waals surface area contributed by atoms with Gasteiger partial charge < -0.3 is 14.7 Å². The van der Waals surface area contributed by atoms with Gasteiger partial charge in [0.2, 0.25) is 0 Å². The topological polar surface area (TPSA) is 53.0 Å². The number of rotatable bonds is 6. The zero-order valence-corrected chi connectivity index (χ0v) is 16.1. The molecule has 0 spiro atoms. The van der Waals surface area contributed by atoms with Gasteiger partial charge in [-0.3, -0.25) is 4.90 Å². The van der Waals surface area contributed by atoms with Gasteiger partial charge in [0.25, 0.3) is 0 Å². The minimum absolute atomic E-state index is 0.238. The fourth-order valence-corrected chi connectivity index (χ4v) is 4.42. The number of carboxylic acid groups (broad SMARTS) is 1. The number of morpholine rings is 1. The van der Waals surface area contributed by atoms with Crippen LogP contribution in [0.4, 0.5) is 0 Å². The Hall–Kier alpha value is -1.43. The lowest BCUT2D eigenvalue weighted by Gasteiger charge is -2.41. The molecule has 5 heteroatoms. The van der Waals surface area contributed by atoms with E-state index in [1.54, 1.807) is 6.07 Å². The summed E-state index contributed by atoms with van der Waals surface area (Å²) in [6.07, 6.45) is 2.32. The summed E-state index contributed by atoms with van der Waals surface area (Å²) < 4.78 is 5.46. The number of piperidine rings is 1. The zero-order chi connectivity index (χ0) is 18.6. The van der Waals surface area contributed by atoms with E-state index in [-0.39, 0.29) is 5.41 Å². The third-order valence-electron chi connectivity index (χ3n) is 5.52. The number of hydrogen-bond donors (Lipinski definition) is 1. The Bertz CT molecular complexity index is 611. The van der Waals surface area contributed by atoms with Gasteiger partial charge in [-0.15, -0.1) is 0 Å². The van der Waals surface area contributed by atoms with Gasteiger partial charge in [-0.25, -0.2) is 4.79 Å². The van der Waals surface area contributed by atoms with Crippen LogP contribution in [0.3, 0.4) is 0 Å². The van der Waals surface area contributed by atoms with Crippen molar-refractivity contribution in [1.82, 2.24) is 9.80 Å². The van der Waals surface area contributed by atoms with Crippen molar-refractivity contribution in [3.63, 3.8) is 0 Å². The molecule has 144 valence electrons. The first-order valence-corrected chi connectivity index (χ1v) is 9.79. The highest BCUT2D eigenvalue weighted by molar-refractivity contribution is 5.87. The van der Waals surface area contributed by atoms with Gasteiger partial charge in [-0.2, -0.15) is 0 Å². The van der Waals surface area contributed by atoms with Gasteiger partial charge in [0.05, 0.1) is 18.8 Å². The van der Waals surface area contributed by atoms with Crippen LogP contribution in [0.25, 0.3) is 0 Å². The third-order valence-corrected chi connectivity index (χ3v) is 5.52. The van der Waals surface area contributed by atoms with Crippen LogP contribution in [0.15, 0.2) is 24.3 Å². The standard InChI is InChI=1S/C21H32N2O3/c1-21(2,15-22-9-11-26-12-10-22)16-23-8-4-7-19(14-23)17-5-3-6-18(13-17)20(24)25/h3,5-6,13,19H,4,7-12,14-16H2,1-2H3,(H,24,25)/t19-/m1/s1. The molecule has 0 amide bonds. The van der Waals surface area contributed by atoms with E-state index in [0.29, 0.717) is 11.5 Å². The SMILES string of the molecule is CC(C)(CN1CCOCC1)CN1CCC[C@@H](c2cccc(C(=O)O)c2)C1.